The first kappa shape index (κ1) is 14.2. The first-order valence-corrected chi connectivity index (χ1v) is 6.82. The average molecular weight is 266 g/mol. The molecular formula is C14H23FN4. The summed E-state index contributed by atoms with van der Waals surface area (Å²) < 4.78 is 13.3. The first-order chi connectivity index (χ1) is 9.11. The highest BCUT2D eigenvalue weighted by molar-refractivity contribution is 5.49. The van der Waals surface area contributed by atoms with Gasteiger partial charge in [-0.15, -0.1) is 0 Å². The molecule has 106 valence electrons. The number of nitrogens with zero attached hydrogens (tertiary/aromatic N) is 3. The van der Waals surface area contributed by atoms with Crippen molar-refractivity contribution in [2.45, 2.75) is 25.4 Å². The number of hydrogen-bond acceptors (Lipinski definition) is 4. The van der Waals surface area contributed by atoms with Gasteiger partial charge >= 0.3 is 0 Å². The van der Waals surface area contributed by atoms with Gasteiger partial charge in [0, 0.05) is 31.2 Å². The molecule has 5 heteroatoms. The van der Waals surface area contributed by atoms with Gasteiger partial charge in [0.25, 0.3) is 0 Å². The van der Waals surface area contributed by atoms with Crippen molar-refractivity contribution in [1.29, 1.82) is 0 Å². The molecule has 1 aliphatic heterocycles. The Morgan fingerprint density at radius 3 is 3.00 bits per heavy atom. The van der Waals surface area contributed by atoms with Crippen LogP contribution in [0.25, 0.3) is 0 Å². The topological polar surface area (TPSA) is 31.4 Å². The summed E-state index contributed by atoms with van der Waals surface area (Å²) in [6.45, 7) is 2.66. The lowest BCUT2D eigenvalue weighted by atomic mass is 10.2. The van der Waals surface area contributed by atoms with Gasteiger partial charge < -0.3 is 15.1 Å². The minimum Gasteiger partial charge on any atom is -0.352 e. The molecule has 1 aliphatic rings. The third-order valence-corrected chi connectivity index (χ3v) is 3.50. The first-order valence-electron chi connectivity index (χ1n) is 6.82. The number of likely N-dealkylation sites (N-methyl/N-ethyl adjacent to an activating group) is 1. The van der Waals surface area contributed by atoms with E-state index in [1.165, 1.54) is 19.0 Å². The van der Waals surface area contributed by atoms with E-state index in [4.69, 9.17) is 0 Å². The maximum absolute atomic E-state index is 13.3. The predicted octanol–water partition coefficient (Wildman–Crippen LogP) is 1.47. The van der Waals surface area contributed by atoms with Gasteiger partial charge in [-0.3, -0.25) is 0 Å². The molecule has 19 heavy (non-hydrogen) atoms. The van der Waals surface area contributed by atoms with Gasteiger partial charge in [-0.2, -0.15) is 0 Å². The van der Waals surface area contributed by atoms with Gasteiger partial charge in [-0.25, -0.2) is 9.37 Å². The lowest BCUT2D eigenvalue weighted by Gasteiger charge is -2.29. The van der Waals surface area contributed by atoms with Gasteiger partial charge in [0.2, 0.25) is 0 Å². The summed E-state index contributed by atoms with van der Waals surface area (Å²) in [4.78, 5) is 8.85. The Balaban J connectivity index is 2.24. The fourth-order valence-corrected chi connectivity index (χ4v) is 2.78. The van der Waals surface area contributed by atoms with Crippen LogP contribution in [0.3, 0.4) is 0 Å². The second kappa shape index (κ2) is 6.30. The smallest absolute Gasteiger partial charge is 0.141 e. The predicted molar refractivity (Wildman–Crippen MR) is 75.9 cm³/mol. The standard InChI is InChI=1S/C14H23FN4/c1-16-8-11-7-12(15)9-17-14(11)19-6-4-5-13(19)10-18(2)3/h7,9,13,16H,4-6,8,10H2,1-3H3. The highest BCUT2D eigenvalue weighted by Gasteiger charge is 2.27. The number of pyridine rings is 1. The summed E-state index contributed by atoms with van der Waals surface area (Å²) in [5.74, 6) is 0.664. The van der Waals surface area contributed by atoms with E-state index >= 15 is 0 Å². The summed E-state index contributed by atoms with van der Waals surface area (Å²) in [5.41, 5.74) is 0.938. The molecule has 2 heterocycles. The summed E-state index contributed by atoms with van der Waals surface area (Å²) >= 11 is 0. The van der Waals surface area contributed by atoms with E-state index in [0.717, 1.165) is 24.5 Å². The Labute approximate surface area is 114 Å². The molecule has 1 fully saturated rings. The summed E-state index contributed by atoms with van der Waals surface area (Å²) in [6.07, 6.45) is 3.67. The highest BCUT2D eigenvalue weighted by atomic mass is 19.1. The molecule has 1 N–H and O–H groups in total. The third kappa shape index (κ3) is 3.42. The number of hydrogen-bond donors (Lipinski definition) is 1. The SMILES string of the molecule is CNCc1cc(F)cnc1N1CCCC1CN(C)C. The van der Waals surface area contributed by atoms with Gasteiger partial charge in [-0.05, 0) is 40.1 Å². The van der Waals surface area contributed by atoms with Crippen molar-refractivity contribution >= 4 is 5.82 Å². The molecular weight excluding hydrogens is 243 g/mol. The Hall–Kier alpha value is -1.20. The van der Waals surface area contributed by atoms with E-state index in [2.05, 4.69) is 34.2 Å². The maximum atomic E-state index is 13.3. The van der Waals surface area contributed by atoms with Crippen molar-refractivity contribution in [2.75, 3.05) is 39.1 Å². The van der Waals surface area contributed by atoms with Gasteiger partial charge in [0.1, 0.15) is 11.6 Å². The van der Waals surface area contributed by atoms with Gasteiger partial charge in [0.15, 0.2) is 0 Å². The Morgan fingerprint density at radius 2 is 2.32 bits per heavy atom. The zero-order chi connectivity index (χ0) is 13.8. The Morgan fingerprint density at radius 1 is 1.53 bits per heavy atom. The van der Waals surface area contributed by atoms with Crippen LogP contribution in [0.1, 0.15) is 18.4 Å². The minimum atomic E-state index is -0.266. The molecule has 0 aliphatic carbocycles. The van der Waals surface area contributed by atoms with Crippen molar-refractivity contribution < 1.29 is 4.39 Å². The second-order valence-electron chi connectivity index (χ2n) is 5.42. The molecule has 0 amide bonds. The lowest BCUT2D eigenvalue weighted by molar-refractivity contribution is 0.371. The van der Waals surface area contributed by atoms with E-state index in [1.54, 1.807) is 6.07 Å². The van der Waals surface area contributed by atoms with Crippen molar-refractivity contribution in [3.05, 3.63) is 23.6 Å². The molecule has 0 spiro atoms. The van der Waals surface area contributed by atoms with Crippen molar-refractivity contribution in [3.8, 4) is 0 Å². The zero-order valence-electron chi connectivity index (χ0n) is 12.0. The summed E-state index contributed by atoms with van der Waals surface area (Å²) in [7, 11) is 6.04. The van der Waals surface area contributed by atoms with Gasteiger partial charge in [-0.1, -0.05) is 0 Å². The molecule has 1 aromatic rings. The van der Waals surface area contributed by atoms with Crippen molar-refractivity contribution in [2.24, 2.45) is 0 Å². The van der Waals surface area contributed by atoms with Crippen molar-refractivity contribution in [3.63, 3.8) is 0 Å². The van der Waals surface area contributed by atoms with E-state index in [1.807, 2.05) is 7.05 Å². The summed E-state index contributed by atoms with van der Waals surface area (Å²) in [5, 5.41) is 3.09. The van der Waals surface area contributed by atoms with Crippen LogP contribution in [-0.2, 0) is 6.54 Å². The third-order valence-electron chi connectivity index (χ3n) is 3.50. The molecule has 2 rings (SSSR count). The number of anilines is 1. The van der Waals surface area contributed by atoms with Crippen LogP contribution in [0.15, 0.2) is 12.3 Å². The molecule has 0 aromatic carbocycles. The number of rotatable bonds is 5. The van der Waals surface area contributed by atoms with Crippen LogP contribution in [0.2, 0.25) is 0 Å². The summed E-state index contributed by atoms with van der Waals surface area (Å²) in [6, 6.07) is 2.06. The number of aromatic nitrogens is 1. The van der Waals surface area contributed by atoms with Crippen LogP contribution >= 0.6 is 0 Å². The molecule has 1 aromatic heterocycles. The van der Waals surface area contributed by atoms with Crippen molar-refractivity contribution in [1.82, 2.24) is 15.2 Å². The van der Waals surface area contributed by atoms with E-state index < -0.39 is 0 Å². The van der Waals surface area contributed by atoms with Crippen LogP contribution in [0.5, 0.6) is 0 Å². The monoisotopic (exact) mass is 266 g/mol. The van der Waals surface area contributed by atoms with Crippen LogP contribution in [0, 0.1) is 5.82 Å². The molecule has 4 nitrogen and oxygen atoms in total. The minimum absolute atomic E-state index is 0.266. The van der Waals surface area contributed by atoms with Crippen LogP contribution in [-0.4, -0.2) is 50.2 Å². The molecule has 0 radical (unpaired) electrons. The van der Waals surface area contributed by atoms with E-state index in [9.17, 15) is 4.39 Å². The normalized spacial score (nSPS) is 19.4. The molecule has 1 saturated heterocycles. The highest BCUT2D eigenvalue weighted by Crippen LogP contribution is 2.27. The van der Waals surface area contributed by atoms with Crippen LogP contribution in [0.4, 0.5) is 10.2 Å². The molecule has 1 atom stereocenters. The molecule has 0 saturated carbocycles. The molecule has 0 bridgehead atoms. The maximum Gasteiger partial charge on any atom is 0.141 e. The van der Waals surface area contributed by atoms with E-state index in [0.29, 0.717) is 12.6 Å². The Bertz CT molecular complexity index is 422. The quantitative estimate of drug-likeness (QED) is 0.874. The lowest BCUT2D eigenvalue weighted by Crippen LogP contribution is -2.38. The van der Waals surface area contributed by atoms with Gasteiger partial charge in [0.05, 0.1) is 6.20 Å². The largest absolute Gasteiger partial charge is 0.352 e. The number of nitrogens with one attached hydrogen (secondary N) is 1. The fourth-order valence-electron chi connectivity index (χ4n) is 2.78. The number of halogens is 1. The average Bonchev–Trinajstić information content (AvgIpc) is 2.77. The van der Waals surface area contributed by atoms with E-state index in [-0.39, 0.29) is 5.82 Å². The zero-order valence-corrected chi connectivity index (χ0v) is 12.0. The Kier molecular flexibility index (Phi) is 4.71. The molecule has 1 unspecified atom stereocenters. The second-order valence-corrected chi connectivity index (χ2v) is 5.42. The fraction of sp³-hybridized carbons (Fsp3) is 0.643. The van der Waals surface area contributed by atoms with Crippen LogP contribution < -0.4 is 10.2 Å².